The number of hydrogen-bond acceptors (Lipinski definition) is 2. The van der Waals surface area contributed by atoms with Gasteiger partial charge in [-0.05, 0) is 17.1 Å². The monoisotopic (exact) mass is 428 g/mol. The van der Waals surface area contributed by atoms with E-state index in [9.17, 15) is 15.0 Å². The normalized spacial score (nSPS) is 25.4. The maximum absolute atomic E-state index is 11.5. The molecule has 0 bridgehead atoms. The largest absolute Gasteiger partial charge is 0.508 e. The molecule has 0 saturated carbocycles. The molecule has 2 unspecified atom stereocenters. The number of phenolic OH excluding ortho intramolecular Hbond substituents is 1. The standard InChI is InChI=1S/C17H18Br2O3/c1-16(2,3)14-13(18)10(15(21)22)8-9-17(14,19)11-6-4-5-7-12(11)20/h4-10,20H,1-3H3,(H,21,22). The number of phenols is 1. The van der Waals surface area contributed by atoms with E-state index in [-0.39, 0.29) is 11.2 Å². The van der Waals surface area contributed by atoms with Crippen molar-refractivity contribution < 1.29 is 15.0 Å². The van der Waals surface area contributed by atoms with E-state index in [1.54, 1.807) is 18.2 Å². The van der Waals surface area contributed by atoms with Gasteiger partial charge in [-0.15, -0.1) is 0 Å². The SMILES string of the molecule is CC(C)(C)C1=C(Br)C(C(=O)O)C=CC1(Br)c1ccccc1O. The van der Waals surface area contributed by atoms with Crippen molar-refractivity contribution in [1.29, 1.82) is 0 Å². The first-order chi connectivity index (χ1) is 10.1. The van der Waals surface area contributed by atoms with E-state index in [2.05, 4.69) is 31.9 Å². The average molecular weight is 430 g/mol. The molecule has 2 N–H and O–H groups in total. The molecule has 0 fully saturated rings. The molecular weight excluding hydrogens is 412 g/mol. The van der Waals surface area contributed by atoms with Crippen molar-refractivity contribution in [3.63, 3.8) is 0 Å². The second-order valence-corrected chi connectivity index (χ2v) is 8.48. The lowest BCUT2D eigenvalue weighted by Crippen LogP contribution is -2.33. The van der Waals surface area contributed by atoms with Gasteiger partial charge in [-0.2, -0.15) is 0 Å². The lowest BCUT2D eigenvalue weighted by atomic mass is 9.71. The smallest absolute Gasteiger partial charge is 0.315 e. The molecule has 3 nitrogen and oxygen atoms in total. The van der Waals surface area contributed by atoms with Gasteiger partial charge in [-0.25, -0.2) is 0 Å². The number of carboxylic acids is 1. The van der Waals surface area contributed by atoms with Crippen molar-refractivity contribution >= 4 is 37.8 Å². The van der Waals surface area contributed by atoms with Crippen LogP contribution in [0.1, 0.15) is 26.3 Å². The molecule has 0 radical (unpaired) electrons. The second kappa shape index (κ2) is 5.85. The van der Waals surface area contributed by atoms with Crippen LogP contribution in [0.4, 0.5) is 0 Å². The highest BCUT2D eigenvalue weighted by Crippen LogP contribution is 2.55. The van der Waals surface area contributed by atoms with Gasteiger partial charge in [0.05, 0.1) is 4.32 Å². The van der Waals surface area contributed by atoms with Gasteiger partial charge < -0.3 is 10.2 Å². The van der Waals surface area contributed by atoms with Crippen LogP contribution in [-0.4, -0.2) is 16.2 Å². The van der Waals surface area contributed by atoms with E-state index in [0.29, 0.717) is 10.0 Å². The van der Waals surface area contributed by atoms with E-state index < -0.39 is 16.2 Å². The minimum Gasteiger partial charge on any atom is -0.508 e. The van der Waals surface area contributed by atoms with Gasteiger partial charge >= 0.3 is 5.97 Å². The van der Waals surface area contributed by atoms with Crippen LogP contribution in [0.5, 0.6) is 5.75 Å². The van der Waals surface area contributed by atoms with Gasteiger partial charge in [-0.1, -0.05) is 83.0 Å². The molecule has 0 heterocycles. The average Bonchev–Trinajstić information content (AvgIpc) is 2.36. The number of allylic oxidation sites excluding steroid dienone is 2. The molecule has 5 heteroatoms. The van der Waals surface area contributed by atoms with Gasteiger partial charge in [0.25, 0.3) is 0 Å². The van der Waals surface area contributed by atoms with Gasteiger partial charge in [0, 0.05) is 10.0 Å². The van der Waals surface area contributed by atoms with Crippen molar-refractivity contribution in [2.45, 2.75) is 25.1 Å². The van der Waals surface area contributed by atoms with Crippen LogP contribution in [0.15, 0.2) is 46.5 Å². The molecule has 1 aromatic rings. The van der Waals surface area contributed by atoms with Crippen molar-refractivity contribution in [2.24, 2.45) is 11.3 Å². The number of aliphatic carboxylic acids is 1. The van der Waals surface area contributed by atoms with Crippen LogP contribution in [-0.2, 0) is 9.12 Å². The summed E-state index contributed by atoms with van der Waals surface area (Å²) in [5, 5.41) is 19.7. The summed E-state index contributed by atoms with van der Waals surface area (Å²) in [4.78, 5) is 11.5. The van der Waals surface area contributed by atoms with Crippen molar-refractivity contribution in [3.8, 4) is 5.75 Å². The Morgan fingerprint density at radius 2 is 1.86 bits per heavy atom. The van der Waals surface area contributed by atoms with Gasteiger partial charge in [0.2, 0.25) is 0 Å². The minimum atomic E-state index is -0.906. The summed E-state index contributed by atoms with van der Waals surface area (Å²) in [5.41, 5.74) is 1.27. The van der Waals surface area contributed by atoms with Crippen LogP contribution in [0.3, 0.4) is 0 Å². The molecule has 1 aliphatic rings. The van der Waals surface area contributed by atoms with Crippen molar-refractivity contribution in [2.75, 3.05) is 0 Å². The first-order valence-electron chi connectivity index (χ1n) is 6.89. The van der Waals surface area contributed by atoms with Crippen LogP contribution in [0.25, 0.3) is 0 Å². The summed E-state index contributed by atoms with van der Waals surface area (Å²) in [5.74, 6) is -1.46. The number of aromatic hydroxyl groups is 1. The Balaban J connectivity index is 2.74. The van der Waals surface area contributed by atoms with Gasteiger partial charge in [0.15, 0.2) is 0 Å². The maximum atomic E-state index is 11.5. The van der Waals surface area contributed by atoms with E-state index in [1.807, 2.05) is 39.0 Å². The zero-order valence-electron chi connectivity index (χ0n) is 12.6. The van der Waals surface area contributed by atoms with E-state index in [1.165, 1.54) is 0 Å². The number of para-hydroxylation sites is 1. The van der Waals surface area contributed by atoms with E-state index >= 15 is 0 Å². The molecule has 0 aromatic heterocycles. The quantitative estimate of drug-likeness (QED) is 0.516. The minimum absolute atomic E-state index is 0.167. The zero-order valence-corrected chi connectivity index (χ0v) is 15.8. The highest BCUT2D eigenvalue weighted by Gasteiger charge is 2.44. The lowest BCUT2D eigenvalue weighted by Gasteiger charge is -2.40. The molecule has 0 spiro atoms. The van der Waals surface area contributed by atoms with Crippen LogP contribution < -0.4 is 0 Å². The molecule has 1 aromatic carbocycles. The Hall–Kier alpha value is -1.07. The Kier molecular flexibility index (Phi) is 4.60. The summed E-state index contributed by atoms with van der Waals surface area (Å²) in [6.07, 6.45) is 3.45. The first kappa shape index (κ1) is 17.3. The Labute approximate surface area is 147 Å². The third-order valence-electron chi connectivity index (χ3n) is 3.71. The zero-order chi connectivity index (χ0) is 16.7. The van der Waals surface area contributed by atoms with Crippen molar-refractivity contribution in [1.82, 2.24) is 0 Å². The van der Waals surface area contributed by atoms with Crippen molar-refractivity contribution in [3.05, 3.63) is 52.0 Å². The maximum Gasteiger partial charge on any atom is 0.315 e. The fraction of sp³-hybridized carbons (Fsp3) is 0.353. The Bertz CT molecular complexity index is 671. The fourth-order valence-corrected chi connectivity index (χ4v) is 5.64. The number of alkyl halides is 1. The van der Waals surface area contributed by atoms with E-state index in [0.717, 1.165) is 5.57 Å². The molecule has 0 saturated heterocycles. The third kappa shape index (κ3) is 2.88. The molecular formula is C17H18Br2O3. The summed E-state index contributed by atoms with van der Waals surface area (Å²) >= 11 is 7.24. The highest BCUT2D eigenvalue weighted by atomic mass is 79.9. The fourth-order valence-electron chi connectivity index (χ4n) is 2.83. The highest BCUT2D eigenvalue weighted by molar-refractivity contribution is 9.12. The second-order valence-electron chi connectivity index (χ2n) is 6.38. The molecule has 1 aliphatic carbocycles. The molecule has 0 aliphatic heterocycles. The Morgan fingerprint density at radius 1 is 1.27 bits per heavy atom. The molecule has 2 atom stereocenters. The number of hydrogen-bond donors (Lipinski definition) is 2. The predicted molar refractivity (Wildman–Crippen MR) is 94.4 cm³/mol. The molecule has 2 rings (SSSR count). The lowest BCUT2D eigenvalue weighted by molar-refractivity contribution is -0.138. The number of rotatable bonds is 2. The number of carboxylic acid groups (broad SMARTS) is 1. The topological polar surface area (TPSA) is 57.5 Å². The summed E-state index contributed by atoms with van der Waals surface area (Å²) in [6.45, 7) is 6.08. The summed E-state index contributed by atoms with van der Waals surface area (Å²) in [6, 6.07) is 7.08. The number of benzene rings is 1. The number of carbonyl (C=O) groups is 1. The van der Waals surface area contributed by atoms with Gasteiger partial charge in [-0.3, -0.25) is 4.79 Å². The van der Waals surface area contributed by atoms with Crippen LogP contribution in [0.2, 0.25) is 0 Å². The summed E-state index contributed by atoms with van der Waals surface area (Å²) in [7, 11) is 0. The van der Waals surface area contributed by atoms with Crippen LogP contribution in [0, 0.1) is 11.3 Å². The molecule has 0 amide bonds. The summed E-state index contributed by atoms with van der Waals surface area (Å²) < 4.78 is -0.128. The van der Waals surface area contributed by atoms with Crippen LogP contribution >= 0.6 is 31.9 Å². The third-order valence-corrected chi connectivity index (χ3v) is 5.68. The predicted octanol–water partition coefficient (Wildman–Crippen LogP) is 4.95. The first-order valence-corrected chi connectivity index (χ1v) is 8.48. The number of halogens is 2. The van der Waals surface area contributed by atoms with E-state index in [4.69, 9.17) is 0 Å². The van der Waals surface area contributed by atoms with Gasteiger partial charge in [0.1, 0.15) is 11.7 Å². The Morgan fingerprint density at radius 3 is 2.36 bits per heavy atom. The molecule has 22 heavy (non-hydrogen) atoms. The molecule has 118 valence electrons.